The van der Waals surface area contributed by atoms with Gasteiger partial charge in [0.1, 0.15) is 5.82 Å². The molecule has 0 N–H and O–H groups in total. The van der Waals surface area contributed by atoms with Crippen LogP contribution in [0.1, 0.15) is 62.8 Å². The molecule has 0 aliphatic carbocycles. The highest BCUT2D eigenvalue weighted by Crippen LogP contribution is 2.49. The normalized spacial score (nSPS) is 28.0. The summed E-state index contributed by atoms with van der Waals surface area (Å²) >= 11 is 0. The number of alkyl halides is 3. The highest BCUT2D eigenvalue weighted by molar-refractivity contribution is 5.81. The third-order valence-electron chi connectivity index (χ3n) is 7.47. The Bertz CT molecular complexity index is 1020. The summed E-state index contributed by atoms with van der Waals surface area (Å²) in [7, 11) is 0. The first-order chi connectivity index (χ1) is 15.4. The second-order valence-electron chi connectivity index (χ2n) is 9.99. The molecular weight excluding hydrogens is 434 g/mol. The molecule has 33 heavy (non-hydrogen) atoms. The molecule has 0 saturated carbocycles. The molecule has 2 unspecified atom stereocenters. The lowest BCUT2D eigenvalue weighted by Gasteiger charge is -2.45. The molecule has 2 heterocycles. The third-order valence-corrected chi connectivity index (χ3v) is 7.47. The van der Waals surface area contributed by atoms with Crippen molar-refractivity contribution in [3.63, 3.8) is 0 Å². The van der Waals surface area contributed by atoms with Crippen LogP contribution in [0.3, 0.4) is 0 Å². The molecule has 5 atom stereocenters. The van der Waals surface area contributed by atoms with Gasteiger partial charge in [-0.3, -0.25) is 4.79 Å². The Kier molecular flexibility index (Phi) is 6.06. The second kappa shape index (κ2) is 8.42. The van der Waals surface area contributed by atoms with Crippen molar-refractivity contribution in [2.24, 2.45) is 11.3 Å². The van der Waals surface area contributed by atoms with E-state index < -0.39 is 23.9 Å². The number of fused-ring (bicyclic) bond motifs is 1. The average Bonchev–Trinajstić information content (AvgIpc) is 3.09. The molecule has 178 valence electrons. The van der Waals surface area contributed by atoms with Crippen LogP contribution in [0.5, 0.6) is 0 Å². The SMILES string of the molecule is CC1C(=O)N2C[C@H](O[C@H](C)c3cccc(C(F)(F)F)c3)[C@@H](c3ccc(F)cc3)C2CC1(C)C. The molecule has 3 nitrogen and oxygen atoms in total. The molecule has 2 saturated heterocycles. The average molecular weight is 464 g/mol. The summed E-state index contributed by atoms with van der Waals surface area (Å²) in [4.78, 5) is 15.0. The predicted octanol–water partition coefficient (Wildman–Crippen LogP) is 6.35. The Labute approximate surface area is 191 Å². The fourth-order valence-corrected chi connectivity index (χ4v) is 5.23. The molecule has 0 spiro atoms. The summed E-state index contributed by atoms with van der Waals surface area (Å²) < 4.78 is 59.5. The van der Waals surface area contributed by atoms with Gasteiger partial charge in [0, 0.05) is 24.4 Å². The van der Waals surface area contributed by atoms with Crippen LogP contribution in [0, 0.1) is 17.2 Å². The maximum absolute atomic E-state index is 13.6. The molecule has 2 aromatic rings. The fourth-order valence-electron chi connectivity index (χ4n) is 5.23. The topological polar surface area (TPSA) is 29.5 Å². The lowest BCUT2D eigenvalue weighted by Crippen LogP contribution is -2.52. The van der Waals surface area contributed by atoms with Crippen molar-refractivity contribution in [2.75, 3.05) is 6.54 Å². The van der Waals surface area contributed by atoms with E-state index in [1.165, 1.54) is 18.2 Å². The molecule has 2 fully saturated rings. The van der Waals surface area contributed by atoms with Crippen molar-refractivity contribution in [3.05, 3.63) is 71.0 Å². The van der Waals surface area contributed by atoms with E-state index in [-0.39, 0.29) is 35.0 Å². The number of piperidine rings is 1. The van der Waals surface area contributed by atoms with Crippen LogP contribution in [0.2, 0.25) is 0 Å². The van der Waals surface area contributed by atoms with Gasteiger partial charge < -0.3 is 9.64 Å². The minimum absolute atomic E-state index is 0.0567. The summed E-state index contributed by atoms with van der Waals surface area (Å²) in [6.07, 6.45) is -4.70. The Morgan fingerprint density at radius 1 is 1.12 bits per heavy atom. The zero-order valence-corrected chi connectivity index (χ0v) is 19.2. The molecule has 4 rings (SSSR count). The second-order valence-corrected chi connectivity index (χ2v) is 9.99. The van der Waals surface area contributed by atoms with Crippen molar-refractivity contribution < 1.29 is 27.1 Å². The standard InChI is InChI=1S/C26H29F4NO2/c1-15-24(32)31-14-22(33-16(2)18-6-5-7-19(12-18)26(28,29)30)23(21(31)13-25(15,3)4)17-8-10-20(27)11-9-17/h5-12,15-16,21-23H,13-14H2,1-4H3/t15?,16-,21?,22+,23+/m1/s1. The monoisotopic (exact) mass is 463 g/mol. The summed E-state index contributed by atoms with van der Waals surface area (Å²) in [5.41, 5.74) is 0.356. The minimum atomic E-state index is -4.44. The molecule has 2 aliphatic heterocycles. The number of carbonyl (C=O) groups excluding carboxylic acids is 1. The van der Waals surface area contributed by atoms with Crippen LogP contribution >= 0.6 is 0 Å². The molecule has 0 radical (unpaired) electrons. The molecule has 7 heteroatoms. The van der Waals surface area contributed by atoms with E-state index >= 15 is 0 Å². The number of amides is 1. The van der Waals surface area contributed by atoms with Crippen LogP contribution in [-0.4, -0.2) is 29.5 Å². The van der Waals surface area contributed by atoms with Gasteiger partial charge in [0.25, 0.3) is 0 Å². The van der Waals surface area contributed by atoms with Crippen molar-refractivity contribution in [3.8, 4) is 0 Å². The highest BCUT2D eigenvalue weighted by atomic mass is 19.4. The van der Waals surface area contributed by atoms with Gasteiger partial charge in [-0.2, -0.15) is 13.2 Å². The van der Waals surface area contributed by atoms with E-state index in [0.717, 1.165) is 24.1 Å². The van der Waals surface area contributed by atoms with Gasteiger partial charge in [-0.1, -0.05) is 45.0 Å². The molecule has 0 aromatic heterocycles. The third kappa shape index (κ3) is 4.52. The van der Waals surface area contributed by atoms with Crippen molar-refractivity contribution in [1.29, 1.82) is 0 Å². The Hall–Kier alpha value is -2.41. The number of carbonyl (C=O) groups is 1. The number of ether oxygens (including phenoxy) is 1. The minimum Gasteiger partial charge on any atom is -0.368 e. The lowest BCUT2D eigenvalue weighted by atomic mass is 9.69. The molecule has 2 aliphatic rings. The lowest BCUT2D eigenvalue weighted by molar-refractivity contribution is -0.146. The van der Waals surface area contributed by atoms with E-state index in [9.17, 15) is 22.4 Å². The van der Waals surface area contributed by atoms with Crippen LogP contribution in [-0.2, 0) is 15.7 Å². The number of hydrogen-bond donors (Lipinski definition) is 0. The van der Waals surface area contributed by atoms with Gasteiger partial charge in [-0.25, -0.2) is 4.39 Å². The molecule has 1 amide bonds. The predicted molar refractivity (Wildman–Crippen MR) is 117 cm³/mol. The molecule has 2 aromatic carbocycles. The number of nitrogens with zero attached hydrogens (tertiary/aromatic N) is 1. The largest absolute Gasteiger partial charge is 0.416 e. The summed E-state index contributed by atoms with van der Waals surface area (Å²) in [6, 6.07) is 11.2. The first kappa shape index (κ1) is 23.7. The van der Waals surface area contributed by atoms with Gasteiger partial charge in [-0.05, 0) is 54.2 Å². The van der Waals surface area contributed by atoms with E-state index in [0.29, 0.717) is 12.1 Å². The van der Waals surface area contributed by atoms with E-state index in [1.54, 1.807) is 25.1 Å². The van der Waals surface area contributed by atoms with Crippen LogP contribution in [0.4, 0.5) is 17.6 Å². The van der Waals surface area contributed by atoms with Crippen LogP contribution in [0.15, 0.2) is 48.5 Å². The van der Waals surface area contributed by atoms with Crippen LogP contribution < -0.4 is 0 Å². The Morgan fingerprint density at radius 2 is 1.79 bits per heavy atom. The number of halogens is 4. The summed E-state index contributed by atoms with van der Waals surface area (Å²) in [6.45, 7) is 8.17. The first-order valence-corrected chi connectivity index (χ1v) is 11.3. The quantitative estimate of drug-likeness (QED) is 0.495. The summed E-state index contributed by atoms with van der Waals surface area (Å²) in [5, 5.41) is 0. The summed E-state index contributed by atoms with van der Waals surface area (Å²) in [5.74, 6) is -0.643. The van der Waals surface area contributed by atoms with E-state index in [1.807, 2.05) is 11.8 Å². The Balaban J connectivity index is 1.66. The van der Waals surface area contributed by atoms with E-state index in [4.69, 9.17) is 4.74 Å². The maximum Gasteiger partial charge on any atom is 0.416 e. The van der Waals surface area contributed by atoms with Gasteiger partial charge in [-0.15, -0.1) is 0 Å². The van der Waals surface area contributed by atoms with Crippen LogP contribution in [0.25, 0.3) is 0 Å². The van der Waals surface area contributed by atoms with Gasteiger partial charge in [0.2, 0.25) is 5.91 Å². The number of benzene rings is 2. The zero-order chi connectivity index (χ0) is 24.1. The first-order valence-electron chi connectivity index (χ1n) is 11.3. The van der Waals surface area contributed by atoms with Gasteiger partial charge >= 0.3 is 6.18 Å². The zero-order valence-electron chi connectivity index (χ0n) is 19.2. The fraction of sp³-hybridized carbons (Fsp3) is 0.500. The van der Waals surface area contributed by atoms with Gasteiger partial charge in [0.05, 0.1) is 17.8 Å². The van der Waals surface area contributed by atoms with Crippen molar-refractivity contribution >= 4 is 5.91 Å². The molecule has 0 bridgehead atoms. The van der Waals surface area contributed by atoms with E-state index in [2.05, 4.69) is 13.8 Å². The number of rotatable bonds is 4. The number of hydrogen-bond acceptors (Lipinski definition) is 2. The van der Waals surface area contributed by atoms with Gasteiger partial charge in [0.15, 0.2) is 0 Å². The Morgan fingerprint density at radius 3 is 2.42 bits per heavy atom. The maximum atomic E-state index is 13.6. The highest BCUT2D eigenvalue weighted by Gasteiger charge is 2.53. The smallest absolute Gasteiger partial charge is 0.368 e. The van der Waals surface area contributed by atoms with Crippen molar-refractivity contribution in [2.45, 2.75) is 64.5 Å². The molecular formula is C26H29F4NO2. The van der Waals surface area contributed by atoms with Crippen molar-refractivity contribution in [1.82, 2.24) is 4.90 Å².